The number of ether oxygens (including phenoxy) is 1. The summed E-state index contributed by atoms with van der Waals surface area (Å²) in [5.74, 6) is 0.991. The van der Waals surface area contributed by atoms with Gasteiger partial charge in [0, 0.05) is 11.6 Å². The first kappa shape index (κ1) is 15.0. The average molecular weight is 250 g/mol. The summed E-state index contributed by atoms with van der Waals surface area (Å²) in [5, 5.41) is 3.40. The van der Waals surface area contributed by atoms with Gasteiger partial charge in [0.15, 0.2) is 0 Å². The van der Waals surface area contributed by atoms with Crippen molar-refractivity contribution in [3.8, 4) is 5.75 Å². The number of hydrogen-bond acceptors (Lipinski definition) is 3. The van der Waals surface area contributed by atoms with Crippen LogP contribution >= 0.6 is 0 Å². The van der Waals surface area contributed by atoms with E-state index in [9.17, 15) is 0 Å². The Morgan fingerprint density at radius 1 is 1.28 bits per heavy atom. The summed E-state index contributed by atoms with van der Waals surface area (Å²) in [6, 6.07) is 4.67. The second-order valence-electron chi connectivity index (χ2n) is 5.13. The quantitative estimate of drug-likeness (QED) is 0.839. The Labute approximate surface area is 111 Å². The van der Waals surface area contributed by atoms with Gasteiger partial charge in [-0.3, -0.25) is 0 Å². The highest BCUT2D eigenvalue weighted by molar-refractivity contribution is 5.45. The molecule has 0 radical (unpaired) electrons. The first-order valence-corrected chi connectivity index (χ1v) is 6.46. The van der Waals surface area contributed by atoms with Crippen LogP contribution in [0.1, 0.15) is 29.2 Å². The van der Waals surface area contributed by atoms with Gasteiger partial charge in [0.2, 0.25) is 0 Å². The topological polar surface area (TPSA) is 24.5 Å². The predicted molar refractivity (Wildman–Crippen MR) is 77.4 cm³/mol. The fraction of sp³-hybridized carbons (Fsp3) is 0.600. The second-order valence-corrected chi connectivity index (χ2v) is 5.13. The number of aryl methyl sites for hydroxylation is 2. The van der Waals surface area contributed by atoms with Gasteiger partial charge in [0.25, 0.3) is 0 Å². The van der Waals surface area contributed by atoms with Crippen molar-refractivity contribution in [3.63, 3.8) is 0 Å². The van der Waals surface area contributed by atoms with Crippen molar-refractivity contribution in [2.45, 2.75) is 26.3 Å². The van der Waals surface area contributed by atoms with Crippen LogP contribution in [0.15, 0.2) is 12.1 Å². The van der Waals surface area contributed by atoms with Gasteiger partial charge in [0.1, 0.15) is 5.75 Å². The summed E-state index contributed by atoms with van der Waals surface area (Å²) in [5.41, 5.74) is 3.83. The van der Waals surface area contributed by atoms with Crippen LogP contribution in [0.3, 0.4) is 0 Å². The Bertz CT molecular complexity index is 388. The standard InChI is InChI=1S/C15H26N2O/c1-11-9-12(2)15(14(10-11)18-6)13(16-3)7-8-17(4)5/h9-10,13,16H,7-8H2,1-6H3. The molecule has 1 aromatic carbocycles. The molecule has 1 unspecified atom stereocenters. The molecule has 3 nitrogen and oxygen atoms in total. The molecule has 0 saturated heterocycles. The minimum Gasteiger partial charge on any atom is -0.496 e. The van der Waals surface area contributed by atoms with E-state index in [1.807, 2.05) is 7.05 Å². The molecule has 0 bridgehead atoms. The summed E-state index contributed by atoms with van der Waals surface area (Å²) >= 11 is 0. The van der Waals surface area contributed by atoms with Crippen molar-refractivity contribution in [1.82, 2.24) is 10.2 Å². The van der Waals surface area contributed by atoms with Crippen LogP contribution in [-0.4, -0.2) is 39.7 Å². The van der Waals surface area contributed by atoms with E-state index in [2.05, 4.69) is 50.3 Å². The third kappa shape index (κ3) is 3.72. The van der Waals surface area contributed by atoms with Crippen molar-refractivity contribution in [3.05, 3.63) is 28.8 Å². The average Bonchev–Trinajstić information content (AvgIpc) is 2.30. The van der Waals surface area contributed by atoms with Gasteiger partial charge in [-0.05, 0) is 65.1 Å². The van der Waals surface area contributed by atoms with Crippen LogP contribution < -0.4 is 10.1 Å². The number of rotatable bonds is 6. The van der Waals surface area contributed by atoms with E-state index in [0.717, 1.165) is 18.7 Å². The van der Waals surface area contributed by atoms with Gasteiger partial charge < -0.3 is 15.0 Å². The van der Waals surface area contributed by atoms with Crippen LogP contribution in [0, 0.1) is 13.8 Å². The molecule has 0 amide bonds. The lowest BCUT2D eigenvalue weighted by Crippen LogP contribution is -2.24. The Morgan fingerprint density at radius 2 is 1.94 bits per heavy atom. The number of hydrogen-bond donors (Lipinski definition) is 1. The molecule has 0 aromatic heterocycles. The molecule has 102 valence electrons. The van der Waals surface area contributed by atoms with Crippen molar-refractivity contribution in [1.29, 1.82) is 0 Å². The smallest absolute Gasteiger partial charge is 0.124 e. The maximum Gasteiger partial charge on any atom is 0.124 e. The number of nitrogens with one attached hydrogen (secondary N) is 1. The Hall–Kier alpha value is -1.06. The SMILES string of the molecule is CNC(CCN(C)C)c1c(C)cc(C)cc1OC. The van der Waals surface area contributed by atoms with Crippen LogP contribution in [-0.2, 0) is 0 Å². The molecular formula is C15H26N2O. The molecule has 0 spiro atoms. The first-order chi connectivity index (χ1) is 8.49. The highest BCUT2D eigenvalue weighted by Gasteiger charge is 2.17. The van der Waals surface area contributed by atoms with Crippen LogP contribution in [0.2, 0.25) is 0 Å². The Morgan fingerprint density at radius 3 is 2.44 bits per heavy atom. The van der Waals surface area contributed by atoms with Gasteiger partial charge in [-0.1, -0.05) is 6.07 Å². The maximum atomic E-state index is 5.54. The fourth-order valence-corrected chi connectivity index (χ4v) is 2.38. The third-order valence-corrected chi connectivity index (χ3v) is 3.28. The van der Waals surface area contributed by atoms with Crippen LogP contribution in [0.25, 0.3) is 0 Å². The molecule has 0 fully saturated rings. The van der Waals surface area contributed by atoms with Crippen molar-refractivity contribution >= 4 is 0 Å². The molecular weight excluding hydrogens is 224 g/mol. The van der Waals surface area contributed by atoms with Crippen molar-refractivity contribution < 1.29 is 4.74 Å². The highest BCUT2D eigenvalue weighted by atomic mass is 16.5. The molecule has 1 aromatic rings. The molecule has 0 saturated carbocycles. The number of benzene rings is 1. The lowest BCUT2D eigenvalue weighted by atomic mass is 9.95. The van der Waals surface area contributed by atoms with E-state index >= 15 is 0 Å². The fourth-order valence-electron chi connectivity index (χ4n) is 2.38. The summed E-state index contributed by atoms with van der Waals surface area (Å²) in [6.07, 6.45) is 1.07. The normalized spacial score (nSPS) is 12.8. The van der Waals surface area contributed by atoms with Gasteiger partial charge in [-0.2, -0.15) is 0 Å². The zero-order valence-corrected chi connectivity index (χ0v) is 12.5. The lowest BCUT2D eigenvalue weighted by molar-refractivity contribution is 0.357. The van der Waals surface area contributed by atoms with Gasteiger partial charge in [-0.15, -0.1) is 0 Å². The minimum atomic E-state index is 0.336. The third-order valence-electron chi connectivity index (χ3n) is 3.28. The lowest BCUT2D eigenvalue weighted by Gasteiger charge is -2.23. The molecule has 1 N–H and O–H groups in total. The number of methoxy groups -OCH3 is 1. The van der Waals surface area contributed by atoms with E-state index < -0.39 is 0 Å². The van der Waals surface area contributed by atoms with Crippen molar-refractivity contribution in [2.24, 2.45) is 0 Å². The number of nitrogens with zero attached hydrogens (tertiary/aromatic N) is 1. The monoisotopic (exact) mass is 250 g/mol. The van der Waals surface area contributed by atoms with E-state index in [4.69, 9.17) is 4.74 Å². The van der Waals surface area contributed by atoms with Crippen molar-refractivity contribution in [2.75, 3.05) is 34.8 Å². The van der Waals surface area contributed by atoms with Gasteiger partial charge in [0.05, 0.1) is 7.11 Å². The molecule has 0 aliphatic carbocycles. The Kier molecular flexibility index (Phi) is 5.63. The summed E-state index contributed by atoms with van der Waals surface area (Å²) < 4.78 is 5.54. The van der Waals surface area contributed by atoms with Crippen LogP contribution in [0.5, 0.6) is 5.75 Å². The zero-order valence-electron chi connectivity index (χ0n) is 12.5. The summed E-state index contributed by atoms with van der Waals surface area (Å²) in [6.45, 7) is 5.32. The molecule has 18 heavy (non-hydrogen) atoms. The zero-order chi connectivity index (χ0) is 13.7. The largest absolute Gasteiger partial charge is 0.496 e. The van der Waals surface area contributed by atoms with E-state index in [0.29, 0.717) is 6.04 Å². The molecule has 0 heterocycles. The predicted octanol–water partition coefficient (Wildman–Crippen LogP) is 2.52. The van der Waals surface area contributed by atoms with Gasteiger partial charge >= 0.3 is 0 Å². The Balaban J connectivity index is 3.04. The highest BCUT2D eigenvalue weighted by Crippen LogP contribution is 2.31. The second kappa shape index (κ2) is 6.76. The molecule has 1 rings (SSSR count). The molecule has 1 atom stereocenters. The minimum absolute atomic E-state index is 0.336. The summed E-state index contributed by atoms with van der Waals surface area (Å²) in [7, 11) is 7.97. The van der Waals surface area contributed by atoms with Crippen LogP contribution in [0.4, 0.5) is 0 Å². The summed E-state index contributed by atoms with van der Waals surface area (Å²) in [4.78, 5) is 2.21. The molecule has 0 aliphatic heterocycles. The first-order valence-electron chi connectivity index (χ1n) is 6.46. The van der Waals surface area contributed by atoms with E-state index in [1.54, 1.807) is 7.11 Å². The van der Waals surface area contributed by atoms with E-state index in [-0.39, 0.29) is 0 Å². The molecule has 0 aliphatic rings. The molecule has 3 heteroatoms. The maximum absolute atomic E-state index is 5.54. The van der Waals surface area contributed by atoms with E-state index in [1.165, 1.54) is 16.7 Å². The van der Waals surface area contributed by atoms with Gasteiger partial charge in [-0.25, -0.2) is 0 Å².